The first-order chi connectivity index (χ1) is 41.4. The van der Waals surface area contributed by atoms with Crippen molar-refractivity contribution in [2.45, 2.75) is 63.3 Å². The SMILES string of the molecule is CC1=CC2C(C=N1)c1cc(C3=CCCC(c4ncccc4C4C=CC=CC4)=N3)ccc1N2c1coc(-c2ccc3c(c2)C=CC(c2nc(-n4c5ccc(-c6cccc(-c7ncccc7-c7ccccc7)n6)cc5c5cnc(C)cc54)co2)C3)n1. The summed E-state index contributed by atoms with van der Waals surface area (Å²) in [5.74, 6) is 2.94. The van der Waals surface area contributed by atoms with Crippen molar-refractivity contribution in [3.63, 3.8) is 0 Å². The summed E-state index contributed by atoms with van der Waals surface area (Å²) in [6.45, 7) is 4.07. The molecule has 0 radical (unpaired) electrons. The van der Waals surface area contributed by atoms with Crippen LogP contribution < -0.4 is 4.90 Å². The van der Waals surface area contributed by atoms with Gasteiger partial charge in [0.1, 0.15) is 12.5 Å². The fourth-order valence-corrected chi connectivity index (χ4v) is 13.0. The van der Waals surface area contributed by atoms with Crippen LogP contribution in [-0.2, 0) is 6.42 Å². The second-order valence-corrected chi connectivity index (χ2v) is 22.3. The minimum atomic E-state index is -0.0635. The average molecular weight is 1090 g/mol. The normalized spacial score (nSPS) is 18.6. The number of allylic oxidation sites excluding steroid dienone is 7. The lowest BCUT2D eigenvalue weighted by molar-refractivity contribution is 0.472. The standard InChI is InChI=1S/C72H54N10O2/c1-43-33-65-57(39-75-43)55-37-49(59-19-9-21-61(77-59)69-53(17-11-31-73-69)45-13-5-3-6-14-45)27-29-63(55)81(65)67-41-83-71(79-67)51-25-23-48-36-52(26-24-47(48)35-51)72-80-68(42-84-72)82-64-30-28-50(38-56(64)58-40-76-44(2)34-66(58)82)60-20-10-22-62(78-60)70-54(18-12-32-74-70)46-15-7-4-8-16-46/h3-9,11-15,17-21,23-34,36-42,46,51,58,66H,10,16,22,35H2,1-2H3. The number of pyridine rings is 4. The molecule has 0 amide bonds. The molecule has 3 aliphatic heterocycles. The van der Waals surface area contributed by atoms with Gasteiger partial charge in [0, 0.05) is 86.7 Å². The van der Waals surface area contributed by atoms with Crippen molar-refractivity contribution in [2.75, 3.05) is 4.90 Å². The topological polar surface area (TPSA) is 137 Å². The largest absolute Gasteiger partial charge is 0.446 e. The highest BCUT2D eigenvalue weighted by atomic mass is 16.3. The van der Waals surface area contributed by atoms with Crippen LogP contribution in [0.2, 0.25) is 0 Å². The molecule has 10 heterocycles. The third-order valence-corrected chi connectivity index (χ3v) is 17.0. The molecule has 11 aromatic rings. The van der Waals surface area contributed by atoms with Gasteiger partial charge in [-0.05, 0) is 140 Å². The second kappa shape index (κ2) is 20.2. The Bertz CT molecular complexity index is 4700. The first-order valence-corrected chi connectivity index (χ1v) is 28.8. The van der Waals surface area contributed by atoms with E-state index in [1.54, 1.807) is 12.5 Å². The Morgan fingerprint density at radius 3 is 2.42 bits per heavy atom. The number of anilines is 2. The van der Waals surface area contributed by atoms with Gasteiger partial charge in [-0.15, -0.1) is 0 Å². The lowest BCUT2D eigenvalue weighted by Crippen LogP contribution is -2.30. The maximum atomic E-state index is 6.39. The molecule has 0 bridgehead atoms. The number of nitrogens with zero attached hydrogens (tertiary/aromatic N) is 10. The molecule has 0 spiro atoms. The fourth-order valence-electron chi connectivity index (χ4n) is 13.0. The highest BCUT2D eigenvalue weighted by Crippen LogP contribution is 2.49. The molecule has 0 N–H and O–H groups in total. The van der Waals surface area contributed by atoms with Crippen LogP contribution in [0.15, 0.2) is 232 Å². The van der Waals surface area contributed by atoms with Crippen molar-refractivity contribution in [1.29, 1.82) is 0 Å². The number of oxazole rings is 2. The highest BCUT2D eigenvalue weighted by molar-refractivity contribution is 6.10. The third kappa shape index (κ3) is 8.59. The van der Waals surface area contributed by atoms with E-state index >= 15 is 0 Å². The Morgan fingerprint density at radius 1 is 0.631 bits per heavy atom. The van der Waals surface area contributed by atoms with Crippen molar-refractivity contribution < 1.29 is 8.83 Å². The molecule has 0 saturated carbocycles. The summed E-state index contributed by atoms with van der Waals surface area (Å²) < 4.78 is 14.9. The summed E-state index contributed by atoms with van der Waals surface area (Å²) in [4.78, 5) is 42.4. The zero-order valence-corrected chi connectivity index (χ0v) is 46.2. The summed E-state index contributed by atoms with van der Waals surface area (Å²) in [5, 5.41) is 2.07. The summed E-state index contributed by atoms with van der Waals surface area (Å²) >= 11 is 0. The molecule has 12 heteroatoms. The number of hydrogen-bond acceptors (Lipinski definition) is 11. The van der Waals surface area contributed by atoms with E-state index in [4.69, 9.17) is 48.7 Å². The van der Waals surface area contributed by atoms with E-state index in [0.717, 1.165) is 138 Å². The van der Waals surface area contributed by atoms with E-state index in [-0.39, 0.29) is 17.9 Å². The van der Waals surface area contributed by atoms with Gasteiger partial charge in [-0.1, -0.05) is 109 Å². The molecule has 0 saturated heterocycles. The quantitative estimate of drug-likeness (QED) is 0.131. The molecular formula is C72H54N10O2. The number of rotatable bonds is 10. The molecule has 7 aromatic heterocycles. The molecule has 4 unspecified atom stereocenters. The summed E-state index contributed by atoms with van der Waals surface area (Å²) in [6, 6.07) is 46.5. The van der Waals surface area contributed by atoms with Crippen LogP contribution in [0, 0.1) is 6.92 Å². The predicted molar refractivity (Wildman–Crippen MR) is 334 cm³/mol. The Labute approximate surface area is 485 Å². The Kier molecular flexibility index (Phi) is 11.9. The first-order valence-electron chi connectivity index (χ1n) is 28.8. The minimum absolute atomic E-state index is 0.0126. The molecule has 4 atom stereocenters. The summed E-state index contributed by atoms with van der Waals surface area (Å²) in [6.07, 6.45) is 32.4. The molecule has 12 nitrogen and oxygen atoms in total. The van der Waals surface area contributed by atoms with E-state index in [1.165, 1.54) is 16.7 Å². The van der Waals surface area contributed by atoms with E-state index in [9.17, 15) is 0 Å². The summed E-state index contributed by atoms with van der Waals surface area (Å²) in [5.41, 5.74) is 20.3. The number of aryl methyl sites for hydroxylation is 1. The maximum Gasteiger partial charge on any atom is 0.228 e. The van der Waals surface area contributed by atoms with Crippen molar-refractivity contribution in [3.05, 3.63) is 258 Å². The van der Waals surface area contributed by atoms with E-state index in [0.29, 0.717) is 23.5 Å². The Balaban J connectivity index is 0.654. The van der Waals surface area contributed by atoms with E-state index in [2.05, 4.69) is 168 Å². The molecule has 5 aliphatic rings. The van der Waals surface area contributed by atoms with Crippen LogP contribution in [0.4, 0.5) is 11.5 Å². The van der Waals surface area contributed by atoms with Crippen LogP contribution in [0.3, 0.4) is 0 Å². The van der Waals surface area contributed by atoms with E-state index in [1.807, 2.05) is 61.9 Å². The monoisotopic (exact) mass is 1090 g/mol. The number of benzene rings is 4. The molecule has 4 aromatic carbocycles. The van der Waals surface area contributed by atoms with Crippen LogP contribution in [0.25, 0.3) is 84.6 Å². The van der Waals surface area contributed by atoms with Gasteiger partial charge in [0.05, 0.1) is 57.2 Å². The predicted octanol–water partition coefficient (Wildman–Crippen LogP) is 16.5. The van der Waals surface area contributed by atoms with Gasteiger partial charge >= 0.3 is 0 Å². The highest BCUT2D eigenvalue weighted by Gasteiger charge is 2.41. The van der Waals surface area contributed by atoms with Gasteiger partial charge in [-0.3, -0.25) is 29.5 Å². The van der Waals surface area contributed by atoms with Crippen molar-refractivity contribution in [1.82, 2.24) is 34.5 Å². The zero-order chi connectivity index (χ0) is 55.8. The maximum absolute atomic E-state index is 6.39. The van der Waals surface area contributed by atoms with E-state index < -0.39 is 0 Å². The lowest BCUT2D eigenvalue weighted by atomic mass is 9.88. The molecule has 0 fully saturated rings. The third-order valence-electron chi connectivity index (χ3n) is 17.0. The molecule has 84 heavy (non-hydrogen) atoms. The van der Waals surface area contributed by atoms with Crippen LogP contribution in [-0.4, -0.2) is 52.4 Å². The molecule has 404 valence electrons. The number of aliphatic imine (C=N–C) groups is 2. The summed E-state index contributed by atoms with van der Waals surface area (Å²) in [7, 11) is 0. The van der Waals surface area contributed by atoms with Crippen LogP contribution >= 0.6 is 0 Å². The number of aromatic nitrogens is 7. The molecule has 2 aliphatic carbocycles. The van der Waals surface area contributed by atoms with Crippen molar-refractivity contribution >= 4 is 57.0 Å². The van der Waals surface area contributed by atoms with Gasteiger partial charge < -0.3 is 13.7 Å². The molecular weight excluding hydrogens is 1040 g/mol. The average Bonchev–Trinajstić information content (AvgIpc) is 4.55. The van der Waals surface area contributed by atoms with Crippen molar-refractivity contribution in [3.8, 4) is 51.0 Å². The zero-order valence-electron chi connectivity index (χ0n) is 46.2. The number of fused-ring (bicyclic) bond motifs is 7. The minimum Gasteiger partial charge on any atom is -0.446 e. The van der Waals surface area contributed by atoms with Gasteiger partial charge in [-0.2, -0.15) is 9.97 Å². The molecule has 16 rings (SSSR count). The first kappa shape index (κ1) is 49.4. The fraction of sp³-hybridized carbons (Fsp3) is 0.139. The van der Waals surface area contributed by atoms with Crippen molar-refractivity contribution in [2.24, 2.45) is 9.98 Å². The van der Waals surface area contributed by atoms with Crippen LogP contribution in [0.1, 0.15) is 89.0 Å². The number of hydrogen-bond donors (Lipinski definition) is 0. The van der Waals surface area contributed by atoms with Gasteiger partial charge in [0.2, 0.25) is 11.8 Å². The van der Waals surface area contributed by atoms with Gasteiger partial charge in [-0.25, -0.2) is 4.98 Å². The van der Waals surface area contributed by atoms with Gasteiger partial charge in [0.25, 0.3) is 0 Å². The Morgan fingerprint density at radius 2 is 1.50 bits per heavy atom. The smallest absolute Gasteiger partial charge is 0.228 e. The van der Waals surface area contributed by atoms with Gasteiger partial charge in [0.15, 0.2) is 11.6 Å². The Hall–Kier alpha value is -10.5. The lowest BCUT2D eigenvalue weighted by Gasteiger charge is -2.26. The second-order valence-electron chi connectivity index (χ2n) is 22.3. The van der Waals surface area contributed by atoms with Crippen LogP contribution in [0.5, 0.6) is 0 Å².